The molecule has 0 radical (unpaired) electrons. The van der Waals surface area contributed by atoms with Crippen molar-refractivity contribution in [3.05, 3.63) is 63.2 Å². The third kappa shape index (κ3) is 1.74. The van der Waals surface area contributed by atoms with Crippen LogP contribution < -0.4 is 4.90 Å². The van der Waals surface area contributed by atoms with Gasteiger partial charge in [0.2, 0.25) is 0 Å². The van der Waals surface area contributed by atoms with Crippen LogP contribution in [0.1, 0.15) is 11.1 Å². The molecule has 0 unspecified atom stereocenters. The van der Waals surface area contributed by atoms with Gasteiger partial charge in [0.1, 0.15) is 5.84 Å². The Morgan fingerprint density at radius 3 is 2.47 bits per heavy atom. The number of rotatable bonds is 1. The Morgan fingerprint density at radius 2 is 1.71 bits per heavy atom. The number of fused-ring (bicyclic) bond motifs is 1. The van der Waals surface area contributed by atoms with Gasteiger partial charge < -0.3 is 4.90 Å². The van der Waals surface area contributed by atoms with Crippen LogP contribution in [0.3, 0.4) is 0 Å². The second-order valence-electron chi connectivity index (χ2n) is 4.04. The molecule has 0 spiro atoms. The van der Waals surface area contributed by atoms with E-state index in [2.05, 4.69) is 45.7 Å². The van der Waals surface area contributed by atoms with Crippen LogP contribution >= 0.6 is 22.6 Å². The van der Waals surface area contributed by atoms with Gasteiger partial charge in [0.25, 0.3) is 0 Å². The van der Waals surface area contributed by atoms with E-state index >= 15 is 0 Å². The molecule has 84 valence electrons. The van der Waals surface area contributed by atoms with Crippen LogP contribution in [0.2, 0.25) is 0 Å². The molecule has 0 bridgehead atoms. The molecular weight excluding hydrogens is 323 g/mol. The Bertz CT molecular complexity index is 592. The molecule has 17 heavy (non-hydrogen) atoms. The largest absolute Gasteiger partial charge is 0.321 e. The van der Waals surface area contributed by atoms with E-state index in [-0.39, 0.29) is 0 Å². The maximum atomic E-state index is 8.24. The van der Waals surface area contributed by atoms with Gasteiger partial charge in [-0.05, 0) is 40.3 Å². The molecule has 0 aliphatic carbocycles. The van der Waals surface area contributed by atoms with Crippen LogP contribution in [0.15, 0.2) is 48.5 Å². The number of para-hydroxylation sites is 1. The minimum atomic E-state index is 0.602. The number of anilines is 1. The zero-order chi connectivity index (χ0) is 11.8. The Labute approximate surface area is 114 Å². The highest BCUT2D eigenvalue weighted by Crippen LogP contribution is 2.30. The molecule has 0 fully saturated rings. The first-order valence-electron chi connectivity index (χ1n) is 5.46. The summed E-state index contributed by atoms with van der Waals surface area (Å²) in [6.07, 6.45) is 0. The number of amidine groups is 1. The van der Waals surface area contributed by atoms with Gasteiger partial charge in [-0.3, -0.25) is 5.41 Å². The fourth-order valence-electron chi connectivity index (χ4n) is 2.16. The van der Waals surface area contributed by atoms with Crippen LogP contribution in [-0.2, 0) is 6.54 Å². The zero-order valence-electron chi connectivity index (χ0n) is 9.15. The van der Waals surface area contributed by atoms with E-state index in [1.54, 1.807) is 0 Å². The van der Waals surface area contributed by atoms with Crippen molar-refractivity contribution in [3.8, 4) is 0 Å². The third-order valence-electron chi connectivity index (χ3n) is 3.01. The van der Waals surface area contributed by atoms with Gasteiger partial charge in [-0.1, -0.05) is 36.4 Å². The molecule has 1 aliphatic rings. The van der Waals surface area contributed by atoms with Crippen LogP contribution in [0, 0.1) is 8.98 Å². The summed E-state index contributed by atoms with van der Waals surface area (Å²) in [7, 11) is 0. The lowest BCUT2D eigenvalue weighted by molar-refractivity contribution is 1.04. The van der Waals surface area contributed by atoms with E-state index in [4.69, 9.17) is 5.41 Å². The molecule has 1 heterocycles. The van der Waals surface area contributed by atoms with Gasteiger partial charge in [0.05, 0.1) is 12.2 Å². The summed E-state index contributed by atoms with van der Waals surface area (Å²) < 4.78 is 1.18. The fourth-order valence-corrected chi connectivity index (χ4v) is 2.84. The summed E-state index contributed by atoms with van der Waals surface area (Å²) >= 11 is 2.32. The highest BCUT2D eigenvalue weighted by molar-refractivity contribution is 14.1. The number of benzene rings is 2. The summed E-state index contributed by atoms with van der Waals surface area (Å²) in [4.78, 5) is 2.06. The standard InChI is InChI=1S/C14H11IN2/c15-12-7-3-4-8-13(12)17-9-10-5-1-2-6-11(10)14(17)16/h1-8,16H,9H2. The van der Waals surface area contributed by atoms with E-state index in [0.717, 1.165) is 17.8 Å². The van der Waals surface area contributed by atoms with Crippen molar-refractivity contribution in [3.63, 3.8) is 0 Å². The Hall–Kier alpha value is -1.36. The monoisotopic (exact) mass is 334 g/mol. The lowest BCUT2D eigenvalue weighted by Gasteiger charge is -2.19. The number of hydrogen-bond acceptors (Lipinski definition) is 1. The molecule has 2 aromatic carbocycles. The molecule has 0 amide bonds. The molecule has 1 aliphatic heterocycles. The molecule has 0 saturated heterocycles. The van der Waals surface area contributed by atoms with Gasteiger partial charge in [0, 0.05) is 9.13 Å². The van der Waals surface area contributed by atoms with E-state index in [1.165, 1.54) is 9.13 Å². The molecule has 0 atom stereocenters. The summed E-state index contributed by atoms with van der Waals surface area (Å²) in [6.45, 7) is 0.801. The summed E-state index contributed by atoms with van der Waals surface area (Å²) in [6, 6.07) is 16.3. The predicted octanol–water partition coefficient (Wildman–Crippen LogP) is 3.64. The minimum Gasteiger partial charge on any atom is -0.321 e. The quantitative estimate of drug-likeness (QED) is 0.792. The van der Waals surface area contributed by atoms with E-state index in [0.29, 0.717) is 5.84 Å². The molecule has 0 aromatic heterocycles. The normalized spacial score (nSPS) is 13.9. The van der Waals surface area contributed by atoms with Gasteiger partial charge in [-0.2, -0.15) is 0 Å². The molecule has 2 aromatic rings. The van der Waals surface area contributed by atoms with Crippen molar-refractivity contribution in [2.75, 3.05) is 4.90 Å². The first-order valence-corrected chi connectivity index (χ1v) is 6.54. The maximum Gasteiger partial charge on any atom is 0.133 e. The molecule has 3 heteroatoms. The maximum absolute atomic E-state index is 8.24. The number of nitrogens with one attached hydrogen (secondary N) is 1. The molecule has 1 N–H and O–H groups in total. The summed E-state index contributed by atoms with van der Waals surface area (Å²) in [5.74, 6) is 0.602. The summed E-state index contributed by atoms with van der Waals surface area (Å²) in [5.41, 5.74) is 3.40. The minimum absolute atomic E-state index is 0.602. The fraction of sp³-hybridized carbons (Fsp3) is 0.0714. The smallest absolute Gasteiger partial charge is 0.133 e. The molecular formula is C14H11IN2. The van der Waals surface area contributed by atoms with Crippen molar-refractivity contribution in [1.82, 2.24) is 0 Å². The highest BCUT2D eigenvalue weighted by atomic mass is 127. The van der Waals surface area contributed by atoms with Gasteiger partial charge in [-0.15, -0.1) is 0 Å². The molecule has 3 rings (SSSR count). The van der Waals surface area contributed by atoms with E-state index in [9.17, 15) is 0 Å². The molecule has 0 saturated carbocycles. The van der Waals surface area contributed by atoms with Crippen molar-refractivity contribution in [2.45, 2.75) is 6.54 Å². The van der Waals surface area contributed by atoms with Crippen molar-refractivity contribution in [1.29, 1.82) is 5.41 Å². The number of hydrogen-bond donors (Lipinski definition) is 1. The summed E-state index contributed by atoms with van der Waals surface area (Å²) in [5, 5.41) is 8.24. The van der Waals surface area contributed by atoms with Crippen LogP contribution in [0.25, 0.3) is 0 Å². The zero-order valence-corrected chi connectivity index (χ0v) is 11.3. The SMILES string of the molecule is N=C1c2ccccc2CN1c1ccccc1I. The van der Waals surface area contributed by atoms with Gasteiger partial charge in [0.15, 0.2) is 0 Å². The highest BCUT2D eigenvalue weighted by Gasteiger charge is 2.25. The van der Waals surface area contributed by atoms with Crippen molar-refractivity contribution >= 4 is 34.1 Å². The first-order chi connectivity index (χ1) is 8.27. The van der Waals surface area contributed by atoms with Crippen molar-refractivity contribution in [2.24, 2.45) is 0 Å². The Kier molecular flexibility index (Phi) is 2.63. The van der Waals surface area contributed by atoms with Crippen LogP contribution in [-0.4, -0.2) is 5.84 Å². The lowest BCUT2D eigenvalue weighted by Crippen LogP contribution is -2.23. The van der Waals surface area contributed by atoms with Crippen LogP contribution in [0.4, 0.5) is 5.69 Å². The second kappa shape index (κ2) is 4.14. The molecule has 2 nitrogen and oxygen atoms in total. The average Bonchev–Trinajstić information content (AvgIpc) is 2.68. The van der Waals surface area contributed by atoms with E-state index in [1.807, 2.05) is 30.3 Å². The van der Waals surface area contributed by atoms with Crippen LogP contribution in [0.5, 0.6) is 0 Å². The topological polar surface area (TPSA) is 27.1 Å². The Balaban J connectivity index is 2.05. The average molecular weight is 334 g/mol. The van der Waals surface area contributed by atoms with Gasteiger partial charge >= 0.3 is 0 Å². The lowest BCUT2D eigenvalue weighted by atomic mass is 10.1. The third-order valence-corrected chi connectivity index (χ3v) is 3.93. The Morgan fingerprint density at radius 1 is 1.00 bits per heavy atom. The number of halogens is 1. The predicted molar refractivity (Wildman–Crippen MR) is 78.6 cm³/mol. The number of nitrogens with zero attached hydrogens (tertiary/aromatic N) is 1. The van der Waals surface area contributed by atoms with Crippen molar-refractivity contribution < 1.29 is 0 Å². The second-order valence-corrected chi connectivity index (χ2v) is 5.21. The van der Waals surface area contributed by atoms with Gasteiger partial charge in [-0.25, -0.2) is 0 Å². The van der Waals surface area contributed by atoms with E-state index < -0.39 is 0 Å². The first kappa shape index (κ1) is 10.8.